The predicted octanol–water partition coefficient (Wildman–Crippen LogP) is 2.96. The molecule has 2 aromatic carbocycles. The smallest absolute Gasteiger partial charge is 0.338 e. The van der Waals surface area contributed by atoms with E-state index in [9.17, 15) is 19.7 Å². The van der Waals surface area contributed by atoms with Crippen molar-refractivity contribution in [2.75, 3.05) is 14.2 Å². The van der Waals surface area contributed by atoms with E-state index in [4.69, 9.17) is 4.74 Å². The van der Waals surface area contributed by atoms with Crippen LogP contribution >= 0.6 is 0 Å². The average Bonchev–Trinajstić information content (AvgIpc) is 2.61. The topological polar surface area (TPSA) is 105 Å². The highest BCUT2D eigenvalue weighted by Gasteiger charge is 2.20. The van der Waals surface area contributed by atoms with Gasteiger partial charge in [-0.1, -0.05) is 0 Å². The van der Waals surface area contributed by atoms with Gasteiger partial charge in [0.15, 0.2) is 0 Å². The van der Waals surface area contributed by atoms with Crippen LogP contribution in [0.1, 0.15) is 20.7 Å². The Bertz CT molecular complexity index is 784. The second-order valence-corrected chi connectivity index (χ2v) is 4.55. The van der Waals surface area contributed by atoms with E-state index < -0.39 is 16.9 Å². The van der Waals surface area contributed by atoms with Crippen molar-refractivity contribution in [3.8, 4) is 11.5 Å². The first-order valence-corrected chi connectivity index (χ1v) is 6.69. The molecule has 0 saturated heterocycles. The molecule has 0 aromatic heterocycles. The van der Waals surface area contributed by atoms with E-state index >= 15 is 0 Å². The van der Waals surface area contributed by atoms with Crippen molar-refractivity contribution in [1.82, 2.24) is 0 Å². The summed E-state index contributed by atoms with van der Waals surface area (Å²) in [6.45, 7) is 0. The zero-order chi connectivity index (χ0) is 17.7. The zero-order valence-corrected chi connectivity index (χ0v) is 12.8. The molecule has 24 heavy (non-hydrogen) atoms. The van der Waals surface area contributed by atoms with Gasteiger partial charge in [-0.3, -0.25) is 10.1 Å². The zero-order valence-electron chi connectivity index (χ0n) is 12.8. The van der Waals surface area contributed by atoms with Crippen LogP contribution < -0.4 is 4.74 Å². The summed E-state index contributed by atoms with van der Waals surface area (Å²) >= 11 is 0. The fourth-order valence-corrected chi connectivity index (χ4v) is 1.90. The second-order valence-electron chi connectivity index (χ2n) is 4.55. The van der Waals surface area contributed by atoms with Gasteiger partial charge in [0, 0.05) is 6.07 Å². The number of nitrogens with zero attached hydrogens (tertiary/aromatic N) is 1. The van der Waals surface area contributed by atoms with Gasteiger partial charge in [-0.05, 0) is 36.4 Å². The molecule has 0 aliphatic rings. The van der Waals surface area contributed by atoms with Gasteiger partial charge >= 0.3 is 17.6 Å². The van der Waals surface area contributed by atoms with Crippen LogP contribution in [0.15, 0.2) is 42.5 Å². The average molecular weight is 331 g/mol. The molecule has 0 heterocycles. The third-order valence-electron chi connectivity index (χ3n) is 3.08. The van der Waals surface area contributed by atoms with Crippen LogP contribution in [0.2, 0.25) is 0 Å². The number of esters is 2. The molecule has 0 bridgehead atoms. The molecule has 2 aromatic rings. The van der Waals surface area contributed by atoms with Gasteiger partial charge in [-0.2, -0.15) is 0 Å². The molecule has 0 spiro atoms. The molecular weight excluding hydrogens is 318 g/mol. The van der Waals surface area contributed by atoms with E-state index in [0.29, 0.717) is 5.56 Å². The fraction of sp³-hybridized carbons (Fsp3) is 0.125. The minimum Gasteiger partial charge on any atom is -0.465 e. The number of hydrogen-bond acceptors (Lipinski definition) is 7. The highest BCUT2D eigenvalue weighted by molar-refractivity contribution is 5.90. The summed E-state index contributed by atoms with van der Waals surface area (Å²) in [5.74, 6) is -0.947. The molecule has 0 aliphatic carbocycles. The number of nitro benzene ring substituents is 1. The van der Waals surface area contributed by atoms with Crippen LogP contribution in [-0.4, -0.2) is 31.1 Å². The van der Waals surface area contributed by atoms with Gasteiger partial charge in [0.25, 0.3) is 0 Å². The maximum atomic E-state index is 11.5. The summed E-state index contributed by atoms with van der Waals surface area (Å²) in [6, 6.07) is 9.62. The van der Waals surface area contributed by atoms with E-state index in [1.165, 1.54) is 50.6 Å². The Labute approximate surface area is 136 Å². The number of rotatable bonds is 5. The first kappa shape index (κ1) is 16.9. The van der Waals surface area contributed by atoms with Crippen molar-refractivity contribution < 1.29 is 28.7 Å². The van der Waals surface area contributed by atoms with Gasteiger partial charge in [-0.25, -0.2) is 9.59 Å². The van der Waals surface area contributed by atoms with E-state index in [1.807, 2.05) is 0 Å². The van der Waals surface area contributed by atoms with Gasteiger partial charge in [0.2, 0.25) is 5.75 Å². The van der Waals surface area contributed by atoms with Crippen molar-refractivity contribution in [1.29, 1.82) is 0 Å². The first-order valence-electron chi connectivity index (χ1n) is 6.69. The molecule has 124 valence electrons. The van der Waals surface area contributed by atoms with E-state index in [2.05, 4.69) is 9.47 Å². The molecule has 0 radical (unpaired) electrons. The number of carbonyl (C=O) groups is 2. The SMILES string of the molecule is COC(=O)c1ccc(Oc2ccc(C(=O)OC)cc2[N+](=O)[O-])cc1. The summed E-state index contributed by atoms with van der Waals surface area (Å²) in [4.78, 5) is 33.3. The van der Waals surface area contributed by atoms with Gasteiger partial charge in [0.1, 0.15) is 5.75 Å². The van der Waals surface area contributed by atoms with Crippen molar-refractivity contribution in [3.05, 3.63) is 63.7 Å². The van der Waals surface area contributed by atoms with Crippen molar-refractivity contribution in [3.63, 3.8) is 0 Å². The Morgan fingerprint density at radius 2 is 1.46 bits per heavy atom. The molecule has 0 amide bonds. The lowest BCUT2D eigenvalue weighted by Crippen LogP contribution is -2.03. The van der Waals surface area contributed by atoms with Crippen molar-refractivity contribution >= 4 is 17.6 Å². The molecule has 0 N–H and O–H groups in total. The summed E-state index contributed by atoms with van der Waals surface area (Å²) in [5, 5.41) is 11.2. The monoisotopic (exact) mass is 331 g/mol. The molecule has 0 saturated carbocycles. The van der Waals surface area contributed by atoms with Crippen molar-refractivity contribution in [2.45, 2.75) is 0 Å². The maximum Gasteiger partial charge on any atom is 0.338 e. The Kier molecular flexibility index (Phi) is 5.10. The van der Waals surface area contributed by atoms with Crippen molar-refractivity contribution in [2.24, 2.45) is 0 Å². The third kappa shape index (κ3) is 3.67. The number of nitro groups is 1. The minimum atomic E-state index is -0.688. The summed E-state index contributed by atoms with van der Waals surface area (Å²) in [5.41, 5.74) is -0.0204. The van der Waals surface area contributed by atoms with Crippen LogP contribution in [0.5, 0.6) is 11.5 Å². The molecule has 0 unspecified atom stereocenters. The Morgan fingerprint density at radius 3 is 2.00 bits per heavy atom. The standard InChI is InChI=1S/C16H13NO7/c1-22-15(18)10-3-6-12(7-4-10)24-14-8-5-11(16(19)23-2)9-13(14)17(20)21/h3-9H,1-2H3. The predicted molar refractivity (Wildman–Crippen MR) is 82.3 cm³/mol. The molecule has 8 nitrogen and oxygen atoms in total. The number of methoxy groups -OCH3 is 2. The van der Waals surface area contributed by atoms with Crippen LogP contribution in [0.3, 0.4) is 0 Å². The summed E-state index contributed by atoms with van der Waals surface area (Å²) in [6.07, 6.45) is 0. The van der Waals surface area contributed by atoms with Gasteiger partial charge < -0.3 is 14.2 Å². The lowest BCUT2D eigenvalue weighted by atomic mass is 10.2. The molecular formula is C16H13NO7. The number of carbonyl (C=O) groups excluding carboxylic acids is 2. The second kappa shape index (κ2) is 7.23. The van der Waals surface area contributed by atoms with Crippen LogP contribution in [0, 0.1) is 10.1 Å². The maximum absolute atomic E-state index is 11.5. The lowest BCUT2D eigenvalue weighted by molar-refractivity contribution is -0.385. The normalized spacial score (nSPS) is 9.92. The lowest BCUT2D eigenvalue weighted by Gasteiger charge is -2.08. The van der Waals surface area contributed by atoms with Crippen LogP contribution in [0.4, 0.5) is 5.69 Å². The number of benzene rings is 2. The highest BCUT2D eigenvalue weighted by atomic mass is 16.6. The van der Waals surface area contributed by atoms with Crippen LogP contribution in [0.25, 0.3) is 0 Å². The van der Waals surface area contributed by atoms with E-state index in [-0.39, 0.29) is 22.7 Å². The van der Waals surface area contributed by atoms with Crippen LogP contribution in [-0.2, 0) is 9.47 Å². The summed E-state index contributed by atoms with van der Waals surface area (Å²) in [7, 11) is 2.44. The highest BCUT2D eigenvalue weighted by Crippen LogP contribution is 2.32. The summed E-state index contributed by atoms with van der Waals surface area (Å²) < 4.78 is 14.6. The fourth-order valence-electron chi connectivity index (χ4n) is 1.90. The molecule has 8 heteroatoms. The van der Waals surface area contributed by atoms with E-state index in [1.54, 1.807) is 0 Å². The quantitative estimate of drug-likeness (QED) is 0.471. The molecule has 2 rings (SSSR count). The number of hydrogen-bond donors (Lipinski definition) is 0. The van der Waals surface area contributed by atoms with E-state index in [0.717, 1.165) is 6.07 Å². The molecule has 0 aliphatic heterocycles. The minimum absolute atomic E-state index is 0.0394. The Hall–Kier alpha value is -3.42. The third-order valence-corrected chi connectivity index (χ3v) is 3.08. The Balaban J connectivity index is 2.30. The van der Waals surface area contributed by atoms with Gasteiger partial charge in [0.05, 0.1) is 30.3 Å². The number of ether oxygens (including phenoxy) is 3. The Morgan fingerprint density at radius 1 is 0.917 bits per heavy atom. The molecule has 0 fully saturated rings. The largest absolute Gasteiger partial charge is 0.465 e. The molecule has 0 atom stereocenters. The van der Waals surface area contributed by atoms with Gasteiger partial charge in [-0.15, -0.1) is 0 Å². The first-order chi connectivity index (χ1) is 11.5.